The normalized spacial score (nSPS) is 7.38. The minimum Gasteiger partial charge on any atom is -0.478 e. The maximum atomic E-state index is 9.25. The van der Waals surface area contributed by atoms with Gasteiger partial charge < -0.3 is 16.6 Å². The van der Waals surface area contributed by atoms with Gasteiger partial charge in [-0.3, -0.25) is 0 Å². The molecule has 6 N–H and O–H groups in total. The van der Waals surface area contributed by atoms with Gasteiger partial charge in [0.15, 0.2) is 0 Å². The lowest BCUT2D eigenvalue weighted by molar-refractivity contribution is -0.131. The molecular weight excluding hydrogens is 210 g/mol. The Labute approximate surface area is 95.8 Å². The van der Waals surface area contributed by atoms with Gasteiger partial charge in [0.2, 0.25) is 6.08 Å². The number of hydrogen-bond acceptors (Lipinski definition) is 5. The van der Waals surface area contributed by atoms with Crippen molar-refractivity contribution in [2.24, 2.45) is 11.5 Å². The Morgan fingerprint density at radius 3 is 1.62 bits per heavy atom. The van der Waals surface area contributed by atoms with Crippen LogP contribution in [0, 0.1) is 5.41 Å². The van der Waals surface area contributed by atoms with E-state index in [0.29, 0.717) is 0 Å². The van der Waals surface area contributed by atoms with Crippen LogP contribution in [-0.4, -0.2) is 30.2 Å². The minimum atomic E-state index is -0.981. The van der Waals surface area contributed by atoms with E-state index < -0.39 is 5.97 Å². The van der Waals surface area contributed by atoms with Crippen LogP contribution in [-0.2, 0) is 9.59 Å². The summed E-state index contributed by atoms with van der Waals surface area (Å²) in [5.41, 5.74) is 10.6. The third-order valence-electron chi connectivity index (χ3n) is 1.33. The number of hydrogen-bond donors (Lipinski definition) is 4. The molecule has 16 heavy (non-hydrogen) atoms. The van der Waals surface area contributed by atoms with Crippen molar-refractivity contribution in [3.8, 4) is 0 Å². The number of nitrogens with one attached hydrogen (secondary N) is 1. The van der Waals surface area contributed by atoms with Crippen molar-refractivity contribution in [3.05, 3.63) is 12.7 Å². The molecule has 0 aliphatic carbocycles. The lowest BCUT2D eigenvalue weighted by Gasteiger charge is -1.94. The molecule has 0 atom stereocenters. The molecular formula is C10H21N3O3. The van der Waals surface area contributed by atoms with Crippen LogP contribution < -0.4 is 11.5 Å². The van der Waals surface area contributed by atoms with Crippen LogP contribution in [0.2, 0.25) is 0 Å². The van der Waals surface area contributed by atoms with E-state index in [2.05, 4.69) is 6.58 Å². The average molecular weight is 231 g/mol. The van der Waals surface area contributed by atoms with Gasteiger partial charge in [0.25, 0.3) is 0 Å². The molecule has 0 heterocycles. The smallest absolute Gasteiger partial charge is 0.327 e. The zero-order valence-corrected chi connectivity index (χ0v) is 9.45. The summed E-state index contributed by atoms with van der Waals surface area (Å²) in [5, 5.41) is 13.0. The zero-order chi connectivity index (χ0) is 13.2. The summed E-state index contributed by atoms with van der Waals surface area (Å²) in [5.74, 6) is -0.981. The molecule has 0 rings (SSSR count). The molecule has 6 nitrogen and oxygen atoms in total. The van der Waals surface area contributed by atoms with E-state index >= 15 is 0 Å². The summed E-state index contributed by atoms with van der Waals surface area (Å²) in [6, 6.07) is 0. The van der Waals surface area contributed by atoms with Crippen molar-refractivity contribution < 1.29 is 14.7 Å². The molecule has 0 aromatic carbocycles. The van der Waals surface area contributed by atoms with Gasteiger partial charge in [-0.25, -0.2) is 15.0 Å². The number of carboxylic acids is 1. The lowest BCUT2D eigenvalue weighted by atomic mass is 10.2. The Kier molecular flexibility index (Phi) is 29.2. The highest BCUT2D eigenvalue weighted by Gasteiger charge is 1.83. The Hall–Kier alpha value is -1.49. The van der Waals surface area contributed by atoms with E-state index in [4.69, 9.17) is 26.8 Å². The van der Waals surface area contributed by atoms with Crippen LogP contribution in [0.15, 0.2) is 12.7 Å². The number of isocyanates is 1. The van der Waals surface area contributed by atoms with E-state index in [-0.39, 0.29) is 0 Å². The quantitative estimate of drug-likeness (QED) is 0.230. The average Bonchev–Trinajstić information content (AvgIpc) is 2.26. The van der Waals surface area contributed by atoms with Crippen LogP contribution >= 0.6 is 0 Å². The van der Waals surface area contributed by atoms with Gasteiger partial charge in [-0.05, 0) is 25.9 Å². The van der Waals surface area contributed by atoms with Crippen molar-refractivity contribution in [2.45, 2.75) is 25.7 Å². The lowest BCUT2D eigenvalue weighted by Crippen LogP contribution is -2.00. The first-order chi connectivity index (χ1) is 7.60. The molecule has 0 aromatic heterocycles. The summed E-state index contributed by atoms with van der Waals surface area (Å²) in [7, 11) is 0. The summed E-state index contributed by atoms with van der Waals surface area (Å²) < 4.78 is 0. The largest absolute Gasteiger partial charge is 0.478 e. The Morgan fingerprint density at radius 2 is 1.50 bits per heavy atom. The second kappa shape index (κ2) is 23.4. The Bertz CT molecular complexity index is 184. The summed E-state index contributed by atoms with van der Waals surface area (Å²) in [6.45, 7) is 4.61. The number of carboxylic acid groups (broad SMARTS) is 1. The van der Waals surface area contributed by atoms with Gasteiger partial charge in [0.1, 0.15) is 0 Å². The van der Waals surface area contributed by atoms with Gasteiger partial charge in [-0.1, -0.05) is 19.4 Å². The molecule has 0 aliphatic rings. The molecule has 0 unspecified atom stereocenters. The van der Waals surface area contributed by atoms with Crippen molar-refractivity contribution in [1.29, 1.82) is 5.41 Å². The molecule has 0 amide bonds. The predicted octanol–water partition coefficient (Wildman–Crippen LogP) is 0.622. The number of carbonyl (C=O) groups excluding carboxylic acids is 1. The van der Waals surface area contributed by atoms with Crippen LogP contribution in [0.25, 0.3) is 0 Å². The Morgan fingerprint density at radius 1 is 1.25 bits per heavy atom. The SMILES string of the molecule is C=CC(=O)O.N=C=O.NCCCCCCN. The molecule has 0 aliphatic heterocycles. The molecule has 0 radical (unpaired) electrons. The number of nitrogens with two attached hydrogens (primary N) is 2. The Balaban J connectivity index is -0.000000181. The third-order valence-corrected chi connectivity index (χ3v) is 1.33. The van der Waals surface area contributed by atoms with Crippen molar-refractivity contribution in [3.63, 3.8) is 0 Å². The molecule has 0 spiro atoms. The highest BCUT2D eigenvalue weighted by molar-refractivity contribution is 5.78. The molecule has 6 heteroatoms. The van der Waals surface area contributed by atoms with Crippen molar-refractivity contribution in [2.75, 3.05) is 13.1 Å². The fraction of sp³-hybridized carbons (Fsp3) is 0.600. The fourth-order valence-electron chi connectivity index (χ4n) is 0.642. The van der Waals surface area contributed by atoms with Gasteiger partial charge in [-0.15, -0.1) is 0 Å². The second-order valence-corrected chi connectivity index (χ2v) is 2.64. The highest BCUT2D eigenvalue weighted by atomic mass is 16.4. The molecule has 0 fully saturated rings. The highest BCUT2D eigenvalue weighted by Crippen LogP contribution is 1.95. The molecule has 0 aromatic rings. The number of carbonyl (C=O) groups is 1. The molecule has 94 valence electrons. The van der Waals surface area contributed by atoms with E-state index in [1.165, 1.54) is 12.8 Å². The number of rotatable bonds is 6. The second-order valence-electron chi connectivity index (χ2n) is 2.64. The number of aliphatic carboxylic acids is 1. The summed E-state index contributed by atoms with van der Waals surface area (Å²) in [6.07, 6.45) is 6.38. The topological polar surface area (TPSA) is 130 Å². The van der Waals surface area contributed by atoms with Crippen LogP contribution in [0.1, 0.15) is 25.7 Å². The zero-order valence-electron chi connectivity index (χ0n) is 9.45. The minimum absolute atomic E-state index is 0.750. The van der Waals surface area contributed by atoms with E-state index in [1.807, 2.05) is 0 Å². The predicted molar refractivity (Wildman–Crippen MR) is 62.8 cm³/mol. The van der Waals surface area contributed by atoms with Crippen LogP contribution in [0.3, 0.4) is 0 Å². The third kappa shape index (κ3) is 54.6. The first-order valence-electron chi connectivity index (χ1n) is 4.90. The first kappa shape index (κ1) is 20.0. The van der Waals surface area contributed by atoms with Gasteiger partial charge in [0, 0.05) is 6.08 Å². The van der Waals surface area contributed by atoms with Crippen LogP contribution in [0.4, 0.5) is 0 Å². The first-order valence-corrected chi connectivity index (χ1v) is 4.90. The fourth-order valence-corrected chi connectivity index (χ4v) is 0.642. The molecule has 0 bridgehead atoms. The molecule has 0 saturated carbocycles. The van der Waals surface area contributed by atoms with Gasteiger partial charge in [-0.2, -0.15) is 0 Å². The van der Waals surface area contributed by atoms with Crippen molar-refractivity contribution >= 4 is 12.0 Å². The monoisotopic (exact) mass is 231 g/mol. The molecule has 0 saturated heterocycles. The maximum Gasteiger partial charge on any atom is 0.327 e. The van der Waals surface area contributed by atoms with Gasteiger partial charge >= 0.3 is 5.97 Å². The van der Waals surface area contributed by atoms with E-state index in [9.17, 15) is 4.79 Å². The standard InChI is InChI=1S/C6H16N2.C3H4O2.CHNO/c7-5-3-1-2-4-6-8;1-2-3(4)5;2-1-3/h1-8H2;2H,1H2,(H,4,5);2H. The van der Waals surface area contributed by atoms with E-state index in [0.717, 1.165) is 38.1 Å². The summed E-state index contributed by atoms with van der Waals surface area (Å²) in [4.78, 5) is 17.6. The number of unbranched alkanes of at least 4 members (excludes halogenated alkanes) is 3. The summed E-state index contributed by atoms with van der Waals surface area (Å²) >= 11 is 0. The maximum absolute atomic E-state index is 9.25. The van der Waals surface area contributed by atoms with Crippen molar-refractivity contribution in [1.82, 2.24) is 0 Å². The van der Waals surface area contributed by atoms with Crippen LogP contribution in [0.5, 0.6) is 0 Å². The van der Waals surface area contributed by atoms with Gasteiger partial charge in [0.05, 0.1) is 0 Å². The van der Waals surface area contributed by atoms with E-state index in [1.54, 1.807) is 0 Å².